The first kappa shape index (κ1) is 17.0. The highest BCUT2D eigenvalue weighted by molar-refractivity contribution is 5.99. The minimum atomic E-state index is -0.573. The van der Waals surface area contributed by atoms with Gasteiger partial charge in [0.25, 0.3) is 11.6 Å². The lowest BCUT2D eigenvalue weighted by atomic mass is 10.1. The molecule has 1 saturated heterocycles. The highest BCUT2D eigenvalue weighted by atomic mass is 16.6. The van der Waals surface area contributed by atoms with Gasteiger partial charge >= 0.3 is 0 Å². The van der Waals surface area contributed by atoms with E-state index in [2.05, 4.69) is 5.32 Å². The van der Waals surface area contributed by atoms with Crippen molar-refractivity contribution >= 4 is 11.6 Å². The topological polar surface area (TPSA) is 93.9 Å². The van der Waals surface area contributed by atoms with Crippen LogP contribution in [-0.4, -0.2) is 55.6 Å². The second kappa shape index (κ2) is 7.28. The van der Waals surface area contributed by atoms with Crippen molar-refractivity contribution in [1.82, 2.24) is 10.2 Å². The van der Waals surface area contributed by atoms with Crippen molar-refractivity contribution in [3.8, 4) is 11.5 Å². The maximum atomic E-state index is 12.7. The molecule has 0 saturated carbocycles. The SMILES string of the molecule is CCOc1cc([N+](=O)[O-])c(C(=O)N(C)C2CCNC2)cc1OC. The zero-order valence-corrected chi connectivity index (χ0v) is 13.5. The molecule has 126 valence electrons. The lowest BCUT2D eigenvalue weighted by Crippen LogP contribution is -2.38. The number of hydrogen-bond acceptors (Lipinski definition) is 6. The molecule has 0 radical (unpaired) electrons. The molecule has 1 atom stereocenters. The van der Waals surface area contributed by atoms with Crippen LogP contribution in [0.5, 0.6) is 11.5 Å². The molecule has 1 N–H and O–H groups in total. The van der Waals surface area contributed by atoms with Gasteiger partial charge in [-0.2, -0.15) is 0 Å². The number of likely N-dealkylation sites (N-methyl/N-ethyl adjacent to an activating group) is 1. The van der Waals surface area contributed by atoms with Gasteiger partial charge in [-0.25, -0.2) is 0 Å². The van der Waals surface area contributed by atoms with Gasteiger partial charge in [0.05, 0.1) is 24.7 Å². The molecule has 1 aromatic carbocycles. The summed E-state index contributed by atoms with van der Waals surface area (Å²) >= 11 is 0. The van der Waals surface area contributed by atoms with Crippen molar-refractivity contribution in [3.05, 3.63) is 27.8 Å². The summed E-state index contributed by atoms with van der Waals surface area (Å²) in [5.74, 6) is 0.161. The van der Waals surface area contributed by atoms with Crippen molar-refractivity contribution in [3.63, 3.8) is 0 Å². The first-order valence-corrected chi connectivity index (χ1v) is 7.46. The van der Waals surface area contributed by atoms with Crippen LogP contribution >= 0.6 is 0 Å². The number of ether oxygens (including phenoxy) is 2. The highest BCUT2D eigenvalue weighted by Gasteiger charge is 2.30. The van der Waals surface area contributed by atoms with E-state index in [1.807, 2.05) is 0 Å². The Morgan fingerprint density at radius 1 is 1.48 bits per heavy atom. The van der Waals surface area contributed by atoms with Gasteiger partial charge in [0.2, 0.25) is 0 Å². The van der Waals surface area contributed by atoms with Gasteiger partial charge in [-0.15, -0.1) is 0 Å². The van der Waals surface area contributed by atoms with Crippen LogP contribution in [0.1, 0.15) is 23.7 Å². The number of carbonyl (C=O) groups is 1. The van der Waals surface area contributed by atoms with E-state index in [0.29, 0.717) is 18.9 Å². The van der Waals surface area contributed by atoms with Crippen molar-refractivity contribution in [2.45, 2.75) is 19.4 Å². The van der Waals surface area contributed by atoms with Gasteiger partial charge in [0.15, 0.2) is 11.5 Å². The quantitative estimate of drug-likeness (QED) is 0.629. The molecule has 1 fully saturated rings. The van der Waals surface area contributed by atoms with E-state index in [4.69, 9.17) is 9.47 Å². The minimum absolute atomic E-state index is 0.00435. The lowest BCUT2D eigenvalue weighted by molar-refractivity contribution is -0.385. The molecule has 1 aliphatic rings. The van der Waals surface area contributed by atoms with Crippen LogP contribution in [0.15, 0.2) is 12.1 Å². The highest BCUT2D eigenvalue weighted by Crippen LogP contribution is 2.35. The molecule has 2 rings (SSSR count). The van der Waals surface area contributed by atoms with E-state index in [1.54, 1.807) is 18.9 Å². The molecule has 8 heteroatoms. The lowest BCUT2D eigenvalue weighted by Gasteiger charge is -2.24. The van der Waals surface area contributed by atoms with E-state index < -0.39 is 10.8 Å². The number of hydrogen-bond donors (Lipinski definition) is 1. The average molecular weight is 323 g/mol. The van der Waals surface area contributed by atoms with Crippen LogP contribution in [0.4, 0.5) is 5.69 Å². The zero-order valence-electron chi connectivity index (χ0n) is 13.5. The minimum Gasteiger partial charge on any atom is -0.493 e. The maximum Gasteiger partial charge on any atom is 0.286 e. The largest absolute Gasteiger partial charge is 0.493 e. The molecule has 1 aliphatic heterocycles. The monoisotopic (exact) mass is 323 g/mol. The Hall–Kier alpha value is -2.35. The van der Waals surface area contributed by atoms with Crippen LogP contribution in [0.25, 0.3) is 0 Å². The number of rotatable bonds is 6. The third-order valence-corrected chi connectivity index (χ3v) is 3.91. The average Bonchev–Trinajstić information content (AvgIpc) is 3.07. The van der Waals surface area contributed by atoms with Crippen molar-refractivity contribution in [2.75, 3.05) is 33.9 Å². The van der Waals surface area contributed by atoms with E-state index in [-0.39, 0.29) is 23.0 Å². The fraction of sp³-hybridized carbons (Fsp3) is 0.533. The zero-order chi connectivity index (χ0) is 17.0. The summed E-state index contributed by atoms with van der Waals surface area (Å²) in [7, 11) is 3.09. The molecule has 1 heterocycles. The maximum absolute atomic E-state index is 12.7. The van der Waals surface area contributed by atoms with Crippen LogP contribution < -0.4 is 14.8 Å². The number of nitro groups is 1. The molecule has 1 unspecified atom stereocenters. The van der Waals surface area contributed by atoms with E-state index >= 15 is 0 Å². The van der Waals surface area contributed by atoms with Gasteiger partial charge in [-0.05, 0) is 19.9 Å². The van der Waals surface area contributed by atoms with Gasteiger partial charge in [-0.3, -0.25) is 14.9 Å². The molecule has 8 nitrogen and oxygen atoms in total. The number of nitrogens with zero attached hydrogens (tertiary/aromatic N) is 2. The summed E-state index contributed by atoms with van der Waals surface area (Å²) in [6, 6.07) is 2.65. The Morgan fingerprint density at radius 3 is 2.74 bits per heavy atom. The van der Waals surface area contributed by atoms with Gasteiger partial charge in [0.1, 0.15) is 5.56 Å². The summed E-state index contributed by atoms with van der Waals surface area (Å²) in [6.07, 6.45) is 0.824. The van der Waals surface area contributed by atoms with Crippen LogP contribution in [0, 0.1) is 10.1 Å². The van der Waals surface area contributed by atoms with E-state index in [1.165, 1.54) is 19.2 Å². The second-order valence-electron chi connectivity index (χ2n) is 5.27. The van der Waals surface area contributed by atoms with Gasteiger partial charge in [-0.1, -0.05) is 0 Å². The third-order valence-electron chi connectivity index (χ3n) is 3.91. The molecule has 1 amide bonds. The predicted molar refractivity (Wildman–Crippen MR) is 84.2 cm³/mol. The Balaban J connectivity index is 2.42. The van der Waals surface area contributed by atoms with Gasteiger partial charge < -0.3 is 19.7 Å². The summed E-state index contributed by atoms with van der Waals surface area (Å²) in [4.78, 5) is 25.0. The summed E-state index contributed by atoms with van der Waals surface area (Å²) in [5.41, 5.74) is -0.276. The Kier molecular flexibility index (Phi) is 5.38. The molecular formula is C15H21N3O5. The summed E-state index contributed by atoms with van der Waals surface area (Å²) in [6.45, 7) is 3.63. The molecule has 0 aliphatic carbocycles. The fourth-order valence-electron chi connectivity index (χ4n) is 2.63. The molecule has 0 spiro atoms. The number of carbonyl (C=O) groups excluding carboxylic acids is 1. The first-order valence-electron chi connectivity index (χ1n) is 7.46. The molecular weight excluding hydrogens is 302 g/mol. The molecule has 23 heavy (non-hydrogen) atoms. The molecule has 1 aromatic rings. The van der Waals surface area contributed by atoms with Crippen LogP contribution in [0.3, 0.4) is 0 Å². The predicted octanol–water partition coefficient (Wildman–Crippen LogP) is 1.44. The normalized spacial score (nSPS) is 16.9. The van der Waals surface area contributed by atoms with Crippen LogP contribution in [-0.2, 0) is 0 Å². The number of benzene rings is 1. The Morgan fingerprint density at radius 2 is 2.22 bits per heavy atom. The summed E-state index contributed by atoms with van der Waals surface area (Å²) < 4.78 is 10.5. The Labute approximate surface area is 134 Å². The van der Waals surface area contributed by atoms with Crippen molar-refractivity contribution < 1.29 is 19.2 Å². The number of nitro benzene ring substituents is 1. The number of amides is 1. The first-order chi connectivity index (χ1) is 11.0. The molecule has 0 bridgehead atoms. The van der Waals surface area contributed by atoms with Crippen molar-refractivity contribution in [2.24, 2.45) is 0 Å². The van der Waals surface area contributed by atoms with E-state index in [0.717, 1.165) is 13.0 Å². The van der Waals surface area contributed by atoms with Crippen molar-refractivity contribution in [1.29, 1.82) is 0 Å². The third kappa shape index (κ3) is 3.53. The smallest absolute Gasteiger partial charge is 0.286 e. The number of nitrogens with one attached hydrogen (secondary N) is 1. The second-order valence-corrected chi connectivity index (χ2v) is 5.27. The number of methoxy groups -OCH3 is 1. The summed E-state index contributed by atoms with van der Waals surface area (Å²) in [5, 5.41) is 14.5. The molecule has 0 aromatic heterocycles. The Bertz CT molecular complexity index is 599. The van der Waals surface area contributed by atoms with E-state index in [9.17, 15) is 14.9 Å². The van der Waals surface area contributed by atoms with Gasteiger partial charge in [0, 0.05) is 25.7 Å². The fourth-order valence-corrected chi connectivity index (χ4v) is 2.63. The van der Waals surface area contributed by atoms with Crippen LogP contribution in [0.2, 0.25) is 0 Å². The standard InChI is InChI=1S/C15H21N3O5/c1-4-23-14-8-12(18(20)21)11(7-13(14)22-3)15(19)17(2)10-5-6-16-9-10/h7-8,10,16H,4-6,9H2,1-3H3.